The number of hydrogen-bond donors (Lipinski definition) is 0. The van der Waals surface area contributed by atoms with Crippen LogP contribution >= 0.6 is 0 Å². The maximum atomic E-state index is 13.2. The molecule has 1 aliphatic rings. The van der Waals surface area contributed by atoms with Gasteiger partial charge in [0.05, 0.1) is 5.69 Å². The van der Waals surface area contributed by atoms with Crippen molar-refractivity contribution < 1.29 is 9.18 Å². The molecule has 0 atom stereocenters. The molecule has 1 aliphatic heterocycles. The van der Waals surface area contributed by atoms with E-state index in [1.807, 2.05) is 30.3 Å². The van der Waals surface area contributed by atoms with Crippen molar-refractivity contribution in [1.82, 2.24) is 9.55 Å². The van der Waals surface area contributed by atoms with Crippen molar-refractivity contribution in [3.05, 3.63) is 71.8 Å². The second-order valence-electron chi connectivity index (χ2n) is 6.90. The number of amides is 1. The van der Waals surface area contributed by atoms with E-state index >= 15 is 0 Å². The number of nitrogens with zero attached hydrogens (tertiary/aromatic N) is 3. The van der Waals surface area contributed by atoms with Gasteiger partial charge in [-0.2, -0.15) is 0 Å². The van der Waals surface area contributed by atoms with Crippen molar-refractivity contribution >= 4 is 11.6 Å². The van der Waals surface area contributed by atoms with Crippen LogP contribution in [0.2, 0.25) is 0 Å². The van der Waals surface area contributed by atoms with E-state index in [0.717, 1.165) is 49.3 Å². The lowest BCUT2D eigenvalue weighted by atomic mass is 10.1. The quantitative estimate of drug-likeness (QED) is 0.677. The number of rotatable bonds is 3. The van der Waals surface area contributed by atoms with Crippen molar-refractivity contribution in [2.75, 3.05) is 11.9 Å². The van der Waals surface area contributed by atoms with E-state index in [4.69, 9.17) is 4.98 Å². The molecule has 27 heavy (non-hydrogen) atoms. The van der Waals surface area contributed by atoms with Crippen molar-refractivity contribution in [2.45, 2.75) is 32.2 Å². The van der Waals surface area contributed by atoms with Crippen LogP contribution in [0.4, 0.5) is 10.1 Å². The van der Waals surface area contributed by atoms with E-state index in [1.165, 1.54) is 12.1 Å². The molecule has 0 radical (unpaired) electrons. The van der Waals surface area contributed by atoms with Gasteiger partial charge in [0.1, 0.15) is 11.6 Å². The second kappa shape index (κ2) is 7.35. The summed E-state index contributed by atoms with van der Waals surface area (Å²) in [4.78, 5) is 19.5. The fourth-order valence-electron chi connectivity index (χ4n) is 3.64. The Morgan fingerprint density at radius 1 is 1.04 bits per heavy atom. The number of imidazole rings is 1. The Labute approximate surface area is 158 Å². The topological polar surface area (TPSA) is 38.1 Å². The largest absolute Gasteiger partial charge is 0.327 e. The lowest BCUT2D eigenvalue weighted by Crippen LogP contribution is -2.27. The van der Waals surface area contributed by atoms with Gasteiger partial charge in [0, 0.05) is 24.8 Å². The van der Waals surface area contributed by atoms with Crippen molar-refractivity contribution in [3.8, 4) is 11.4 Å². The van der Waals surface area contributed by atoms with Crippen LogP contribution in [0, 0.1) is 5.82 Å². The predicted octanol–water partition coefficient (Wildman–Crippen LogP) is 4.69. The molecule has 0 saturated carbocycles. The number of carbonyl (C=O) groups is 1. The number of hydrogen-bond acceptors (Lipinski definition) is 2. The normalized spacial score (nSPS) is 13.7. The Morgan fingerprint density at radius 3 is 2.52 bits per heavy atom. The van der Waals surface area contributed by atoms with Gasteiger partial charge in [-0.05, 0) is 43.5 Å². The first-order valence-corrected chi connectivity index (χ1v) is 9.33. The minimum atomic E-state index is -0.318. The molecule has 2 aromatic carbocycles. The van der Waals surface area contributed by atoms with Crippen molar-refractivity contribution in [3.63, 3.8) is 0 Å². The summed E-state index contributed by atoms with van der Waals surface area (Å²) in [6.07, 6.45) is 4.14. The molecule has 5 heteroatoms. The lowest BCUT2D eigenvalue weighted by Gasteiger charge is -2.17. The molecule has 0 bridgehead atoms. The summed E-state index contributed by atoms with van der Waals surface area (Å²) < 4.78 is 15.4. The lowest BCUT2D eigenvalue weighted by molar-refractivity contribution is 0.0987. The molecular formula is C22H22FN3O. The molecule has 0 unspecified atom stereocenters. The molecule has 3 aromatic rings. The minimum absolute atomic E-state index is 0.158. The number of halogens is 1. The van der Waals surface area contributed by atoms with Crippen molar-refractivity contribution in [2.24, 2.45) is 0 Å². The monoisotopic (exact) mass is 363 g/mol. The Hall–Kier alpha value is -2.95. The highest BCUT2D eigenvalue weighted by Gasteiger charge is 2.26. The van der Waals surface area contributed by atoms with Gasteiger partial charge in [0.25, 0.3) is 5.91 Å². The van der Waals surface area contributed by atoms with Crippen LogP contribution in [0.3, 0.4) is 0 Å². The van der Waals surface area contributed by atoms with Crippen LogP contribution in [0.1, 0.15) is 35.4 Å². The molecule has 0 N–H and O–H groups in total. The van der Waals surface area contributed by atoms with Crippen LogP contribution in [-0.4, -0.2) is 22.5 Å². The third-order valence-electron chi connectivity index (χ3n) is 5.12. The second-order valence-corrected chi connectivity index (χ2v) is 6.90. The first-order chi connectivity index (χ1) is 13.1. The summed E-state index contributed by atoms with van der Waals surface area (Å²) in [5, 5.41) is 0. The van der Waals surface area contributed by atoms with Gasteiger partial charge in [-0.15, -0.1) is 0 Å². The van der Waals surface area contributed by atoms with Gasteiger partial charge in [0.15, 0.2) is 5.69 Å². The fourth-order valence-corrected chi connectivity index (χ4v) is 3.64. The van der Waals surface area contributed by atoms with Crippen LogP contribution < -0.4 is 4.90 Å². The van der Waals surface area contributed by atoms with E-state index in [-0.39, 0.29) is 11.7 Å². The minimum Gasteiger partial charge on any atom is -0.327 e. The Balaban J connectivity index is 1.77. The van der Waals surface area contributed by atoms with Crippen molar-refractivity contribution in [1.29, 1.82) is 0 Å². The number of benzene rings is 2. The zero-order valence-corrected chi connectivity index (χ0v) is 15.4. The van der Waals surface area contributed by atoms with E-state index in [1.54, 1.807) is 24.1 Å². The Bertz CT molecular complexity index is 948. The average Bonchev–Trinajstić information content (AvgIpc) is 2.89. The zero-order valence-electron chi connectivity index (χ0n) is 15.4. The Kier molecular flexibility index (Phi) is 4.75. The summed E-state index contributed by atoms with van der Waals surface area (Å²) in [6, 6.07) is 15.9. The summed E-state index contributed by atoms with van der Waals surface area (Å²) >= 11 is 0. The smallest absolute Gasteiger partial charge is 0.278 e. The highest BCUT2D eigenvalue weighted by molar-refractivity contribution is 6.05. The molecule has 0 saturated heterocycles. The zero-order chi connectivity index (χ0) is 18.8. The SMILES string of the molecule is CN(C(=O)c1nc(-c2ccccc2)n2c1CCCCC2)c1ccc(F)cc1. The third-order valence-corrected chi connectivity index (χ3v) is 5.12. The van der Waals surface area contributed by atoms with Crippen LogP contribution in [0.25, 0.3) is 11.4 Å². The number of anilines is 1. The number of fused-ring (bicyclic) bond motifs is 1. The van der Waals surface area contributed by atoms with E-state index in [2.05, 4.69) is 4.57 Å². The molecule has 1 amide bonds. The first-order valence-electron chi connectivity index (χ1n) is 9.33. The molecule has 2 heterocycles. The van der Waals surface area contributed by atoms with Gasteiger partial charge in [-0.1, -0.05) is 36.8 Å². The molecule has 4 rings (SSSR count). The van der Waals surface area contributed by atoms with Gasteiger partial charge in [-0.3, -0.25) is 4.79 Å². The van der Waals surface area contributed by atoms with E-state index in [9.17, 15) is 9.18 Å². The molecule has 0 spiro atoms. The Morgan fingerprint density at radius 2 is 1.78 bits per heavy atom. The van der Waals surface area contributed by atoms with Gasteiger partial charge < -0.3 is 9.47 Å². The highest BCUT2D eigenvalue weighted by Crippen LogP contribution is 2.28. The molecule has 1 aromatic heterocycles. The molecule has 0 aliphatic carbocycles. The highest BCUT2D eigenvalue weighted by atomic mass is 19.1. The first kappa shape index (κ1) is 17.5. The number of aromatic nitrogens is 2. The molecular weight excluding hydrogens is 341 g/mol. The van der Waals surface area contributed by atoms with Gasteiger partial charge >= 0.3 is 0 Å². The van der Waals surface area contributed by atoms with E-state index < -0.39 is 0 Å². The molecule has 138 valence electrons. The maximum Gasteiger partial charge on any atom is 0.278 e. The number of carbonyl (C=O) groups excluding carboxylic acids is 1. The van der Waals surface area contributed by atoms with Crippen LogP contribution in [0.15, 0.2) is 54.6 Å². The molecule has 4 nitrogen and oxygen atoms in total. The predicted molar refractivity (Wildman–Crippen MR) is 104 cm³/mol. The molecule has 0 fully saturated rings. The maximum absolute atomic E-state index is 13.2. The average molecular weight is 363 g/mol. The van der Waals surface area contributed by atoms with E-state index in [0.29, 0.717) is 11.4 Å². The summed E-state index contributed by atoms with van der Waals surface area (Å²) in [5.74, 6) is 0.375. The fraction of sp³-hybridized carbons (Fsp3) is 0.273. The van der Waals surface area contributed by atoms with Gasteiger partial charge in [0.2, 0.25) is 0 Å². The third kappa shape index (κ3) is 3.37. The van der Waals surface area contributed by atoms with Gasteiger partial charge in [-0.25, -0.2) is 9.37 Å². The summed E-state index contributed by atoms with van der Waals surface area (Å²) in [6.45, 7) is 0.875. The van der Waals surface area contributed by atoms with Crippen LogP contribution in [0.5, 0.6) is 0 Å². The summed E-state index contributed by atoms with van der Waals surface area (Å²) in [5.41, 5.74) is 3.18. The standard InChI is InChI=1S/C22H22FN3O/c1-25(18-13-11-17(23)12-14-18)22(27)20-19-10-6-3-7-15-26(19)21(24-20)16-8-4-2-5-9-16/h2,4-5,8-9,11-14H,3,6-7,10,15H2,1H3. The van der Waals surface area contributed by atoms with Crippen LogP contribution in [-0.2, 0) is 13.0 Å². The summed E-state index contributed by atoms with van der Waals surface area (Å²) in [7, 11) is 1.71.